The van der Waals surface area contributed by atoms with Crippen LogP contribution in [-0.4, -0.2) is 23.0 Å². The van der Waals surface area contributed by atoms with E-state index in [1.165, 1.54) is 0 Å². The van der Waals surface area contributed by atoms with Crippen LogP contribution in [0.15, 0.2) is 30.3 Å². The van der Waals surface area contributed by atoms with Crippen LogP contribution in [0.3, 0.4) is 0 Å². The van der Waals surface area contributed by atoms with Crippen LogP contribution in [0.5, 0.6) is 0 Å². The average Bonchev–Trinajstić information content (AvgIpc) is 2.30. The monoisotopic (exact) mass is 249 g/mol. The summed E-state index contributed by atoms with van der Waals surface area (Å²) in [6.07, 6.45) is 0.781. The minimum absolute atomic E-state index is 0.145. The fraction of sp³-hybridized carbons (Fsp3) is 0.429. The van der Waals surface area contributed by atoms with Crippen molar-refractivity contribution in [3.63, 3.8) is 0 Å². The lowest BCUT2D eigenvalue weighted by atomic mass is 9.98. The molecule has 4 nitrogen and oxygen atoms in total. The van der Waals surface area contributed by atoms with Gasteiger partial charge in [0.05, 0.1) is 12.3 Å². The smallest absolute Gasteiger partial charge is 0.308 e. The Labute approximate surface area is 107 Å². The van der Waals surface area contributed by atoms with Crippen LogP contribution in [0.4, 0.5) is 0 Å². The summed E-state index contributed by atoms with van der Waals surface area (Å²) in [4.78, 5) is 22.7. The summed E-state index contributed by atoms with van der Waals surface area (Å²) in [5.74, 6) is -1.55. The van der Waals surface area contributed by atoms with Gasteiger partial charge in [0.1, 0.15) is 0 Å². The highest BCUT2D eigenvalue weighted by Crippen LogP contribution is 2.09. The van der Waals surface area contributed by atoms with Crippen molar-refractivity contribution < 1.29 is 14.7 Å². The lowest BCUT2D eigenvalue weighted by Crippen LogP contribution is -2.41. The normalized spacial score (nSPS) is 13.7. The largest absolute Gasteiger partial charge is 0.481 e. The fourth-order valence-corrected chi connectivity index (χ4v) is 1.93. The highest BCUT2D eigenvalue weighted by molar-refractivity contribution is 5.80. The van der Waals surface area contributed by atoms with E-state index in [-0.39, 0.29) is 18.4 Å². The van der Waals surface area contributed by atoms with Crippen LogP contribution in [-0.2, 0) is 16.0 Å². The van der Waals surface area contributed by atoms with Gasteiger partial charge in [-0.25, -0.2) is 0 Å². The van der Waals surface area contributed by atoms with Gasteiger partial charge in [-0.1, -0.05) is 37.3 Å². The quantitative estimate of drug-likeness (QED) is 0.808. The zero-order valence-corrected chi connectivity index (χ0v) is 10.7. The molecule has 0 aliphatic carbocycles. The minimum Gasteiger partial charge on any atom is -0.481 e. The standard InChI is InChI=1S/C14H19NO3/c1-3-12(14(17)18)10(2)15-13(16)9-11-7-5-4-6-8-11/h4-8,10,12H,3,9H2,1-2H3,(H,15,16)(H,17,18)/t10-,12-/m0/s1. The van der Waals surface area contributed by atoms with E-state index in [0.717, 1.165) is 5.56 Å². The van der Waals surface area contributed by atoms with Crippen LogP contribution >= 0.6 is 0 Å². The lowest BCUT2D eigenvalue weighted by Gasteiger charge is -2.20. The third-order valence-corrected chi connectivity index (χ3v) is 2.96. The molecule has 1 rings (SSSR count). The van der Waals surface area contributed by atoms with Gasteiger partial charge in [0, 0.05) is 6.04 Å². The molecular formula is C14H19NO3. The molecule has 0 bridgehead atoms. The van der Waals surface area contributed by atoms with Crippen molar-refractivity contribution in [2.24, 2.45) is 5.92 Å². The van der Waals surface area contributed by atoms with E-state index < -0.39 is 11.9 Å². The predicted molar refractivity (Wildman–Crippen MR) is 69.2 cm³/mol. The van der Waals surface area contributed by atoms with Gasteiger partial charge in [-0.05, 0) is 18.9 Å². The molecule has 1 aromatic rings. The number of carbonyl (C=O) groups excluding carboxylic acids is 1. The maximum absolute atomic E-state index is 11.8. The van der Waals surface area contributed by atoms with Crippen LogP contribution < -0.4 is 5.32 Å². The Bertz CT molecular complexity index is 403. The van der Waals surface area contributed by atoms with Crippen LogP contribution in [0.2, 0.25) is 0 Å². The second-order valence-corrected chi connectivity index (χ2v) is 4.37. The molecule has 1 aromatic carbocycles. The van der Waals surface area contributed by atoms with Crippen molar-refractivity contribution in [3.8, 4) is 0 Å². The third kappa shape index (κ3) is 4.20. The molecule has 2 atom stereocenters. The summed E-state index contributed by atoms with van der Waals surface area (Å²) in [7, 11) is 0. The topological polar surface area (TPSA) is 66.4 Å². The van der Waals surface area contributed by atoms with E-state index in [9.17, 15) is 9.59 Å². The van der Waals surface area contributed by atoms with E-state index in [1.807, 2.05) is 30.3 Å². The van der Waals surface area contributed by atoms with Crippen LogP contribution in [0, 0.1) is 5.92 Å². The summed E-state index contributed by atoms with van der Waals surface area (Å²) < 4.78 is 0. The van der Waals surface area contributed by atoms with Gasteiger partial charge in [-0.15, -0.1) is 0 Å². The van der Waals surface area contributed by atoms with E-state index >= 15 is 0 Å². The Hall–Kier alpha value is -1.84. The Morgan fingerprint density at radius 2 is 1.89 bits per heavy atom. The van der Waals surface area contributed by atoms with Gasteiger partial charge in [0.2, 0.25) is 5.91 Å². The van der Waals surface area contributed by atoms with Crippen molar-refractivity contribution in [2.45, 2.75) is 32.7 Å². The molecule has 1 amide bonds. The SMILES string of the molecule is CC[C@H](C(=O)O)[C@H](C)NC(=O)Cc1ccccc1. The van der Waals surface area contributed by atoms with Gasteiger partial charge in [-0.3, -0.25) is 9.59 Å². The number of benzene rings is 1. The first-order valence-corrected chi connectivity index (χ1v) is 6.10. The van der Waals surface area contributed by atoms with E-state index in [0.29, 0.717) is 6.42 Å². The molecule has 98 valence electrons. The summed E-state index contributed by atoms with van der Waals surface area (Å²) in [6, 6.07) is 9.03. The third-order valence-electron chi connectivity index (χ3n) is 2.96. The van der Waals surface area contributed by atoms with E-state index in [4.69, 9.17) is 5.11 Å². The number of carboxylic acids is 1. The number of carbonyl (C=O) groups is 2. The number of carboxylic acid groups (broad SMARTS) is 1. The zero-order valence-electron chi connectivity index (χ0n) is 10.7. The molecular weight excluding hydrogens is 230 g/mol. The molecule has 0 heterocycles. The number of nitrogens with one attached hydrogen (secondary N) is 1. The van der Waals surface area contributed by atoms with Crippen molar-refractivity contribution >= 4 is 11.9 Å². The molecule has 0 aliphatic rings. The number of hydrogen-bond donors (Lipinski definition) is 2. The van der Waals surface area contributed by atoms with Gasteiger partial charge in [0.15, 0.2) is 0 Å². The Balaban J connectivity index is 2.52. The maximum atomic E-state index is 11.8. The first-order valence-electron chi connectivity index (χ1n) is 6.10. The van der Waals surface area contributed by atoms with E-state index in [2.05, 4.69) is 5.32 Å². The van der Waals surface area contributed by atoms with Crippen molar-refractivity contribution in [3.05, 3.63) is 35.9 Å². The Kier molecular flexibility index (Phi) is 5.36. The number of amides is 1. The van der Waals surface area contributed by atoms with E-state index in [1.54, 1.807) is 13.8 Å². The fourth-order valence-electron chi connectivity index (χ4n) is 1.93. The number of rotatable bonds is 6. The van der Waals surface area contributed by atoms with Gasteiger partial charge in [0.25, 0.3) is 0 Å². The minimum atomic E-state index is -0.870. The van der Waals surface area contributed by atoms with Crippen LogP contribution in [0.1, 0.15) is 25.8 Å². The average molecular weight is 249 g/mol. The molecule has 0 aromatic heterocycles. The molecule has 4 heteroatoms. The first-order chi connectivity index (χ1) is 8.54. The summed E-state index contributed by atoms with van der Waals surface area (Å²) in [5.41, 5.74) is 0.922. The first kappa shape index (κ1) is 14.2. The van der Waals surface area contributed by atoms with Gasteiger partial charge < -0.3 is 10.4 Å². The van der Waals surface area contributed by atoms with Crippen molar-refractivity contribution in [1.82, 2.24) is 5.32 Å². The van der Waals surface area contributed by atoms with Gasteiger partial charge >= 0.3 is 5.97 Å². The highest BCUT2D eigenvalue weighted by Gasteiger charge is 2.23. The molecule has 0 radical (unpaired) electrons. The number of aliphatic carboxylic acids is 1. The molecule has 2 N–H and O–H groups in total. The zero-order chi connectivity index (χ0) is 13.5. The Morgan fingerprint density at radius 1 is 1.28 bits per heavy atom. The predicted octanol–water partition coefficient (Wildman–Crippen LogP) is 1.84. The lowest BCUT2D eigenvalue weighted by molar-refractivity contribution is -0.142. The summed E-state index contributed by atoms with van der Waals surface area (Å²) in [5, 5.41) is 11.7. The molecule has 0 aliphatic heterocycles. The summed E-state index contributed by atoms with van der Waals surface area (Å²) in [6.45, 7) is 3.53. The Morgan fingerprint density at radius 3 is 2.39 bits per heavy atom. The maximum Gasteiger partial charge on any atom is 0.308 e. The second kappa shape index (κ2) is 6.79. The molecule has 18 heavy (non-hydrogen) atoms. The molecule has 0 unspecified atom stereocenters. The van der Waals surface area contributed by atoms with Crippen molar-refractivity contribution in [2.75, 3.05) is 0 Å². The second-order valence-electron chi connectivity index (χ2n) is 4.37. The van der Waals surface area contributed by atoms with Gasteiger partial charge in [-0.2, -0.15) is 0 Å². The molecule has 0 spiro atoms. The highest BCUT2D eigenvalue weighted by atomic mass is 16.4. The molecule has 0 saturated carbocycles. The molecule has 0 saturated heterocycles. The molecule has 0 fully saturated rings. The van der Waals surface area contributed by atoms with Crippen molar-refractivity contribution in [1.29, 1.82) is 0 Å². The summed E-state index contributed by atoms with van der Waals surface area (Å²) >= 11 is 0. The number of hydrogen-bond acceptors (Lipinski definition) is 2. The van der Waals surface area contributed by atoms with Crippen LogP contribution in [0.25, 0.3) is 0 Å².